The summed E-state index contributed by atoms with van der Waals surface area (Å²) in [6.45, 7) is 8.03. The fourth-order valence-electron chi connectivity index (χ4n) is 4.42. The van der Waals surface area contributed by atoms with Gasteiger partial charge in [-0.05, 0) is 87.4 Å². The fourth-order valence-corrected chi connectivity index (χ4v) is 4.42. The summed E-state index contributed by atoms with van der Waals surface area (Å²) in [7, 11) is 0. The maximum Gasteiger partial charge on any atom is 0.294 e. The van der Waals surface area contributed by atoms with Crippen molar-refractivity contribution in [2.45, 2.75) is 78.7 Å². The number of nitrogens with zero attached hydrogens (tertiary/aromatic N) is 5. The third kappa shape index (κ3) is 5.41. The minimum Gasteiger partial charge on any atom is -0.297 e. The molecule has 3 aromatic rings. The van der Waals surface area contributed by atoms with Crippen LogP contribution in [0.15, 0.2) is 61.6 Å². The molecule has 1 aliphatic carbocycles. The average Bonchev–Trinajstić information content (AvgIpc) is 3.46. The van der Waals surface area contributed by atoms with E-state index in [4.69, 9.17) is 0 Å². The van der Waals surface area contributed by atoms with Crippen LogP contribution in [0, 0.1) is 20.8 Å². The van der Waals surface area contributed by atoms with E-state index >= 15 is 0 Å². The van der Waals surface area contributed by atoms with Gasteiger partial charge >= 0.3 is 0 Å². The number of hydrogen-bond acceptors (Lipinski definition) is 5. The first-order valence-electron chi connectivity index (χ1n) is 12.3. The molecule has 7 nitrogen and oxygen atoms in total. The topological polar surface area (TPSA) is 87.2 Å². The SMILES string of the molecule is CCCCc1ccc(N=Nc2cc(C)c(N=Nc3c(C)[nH]n(C4CCCC4)c3=O)cc2C)cc1. The lowest BCUT2D eigenvalue weighted by atomic mass is 10.1. The zero-order chi connectivity index (χ0) is 24.1. The van der Waals surface area contributed by atoms with Crippen molar-refractivity contribution in [1.82, 2.24) is 9.78 Å². The number of benzene rings is 2. The molecule has 1 aromatic heterocycles. The van der Waals surface area contributed by atoms with Crippen LogP contribution in [0.25, 0.3) is 0 Å². The molecule has 2 aromatic carbocycles. The van der Waals surface area contributed by atoms with Crippen LogP contribution in [0.3, 0.4) is 0 Å². The van der Waals surface area contributed by atoms with Crippen molar-refractivity contribution in [1.29, 1.82) is 0 Å². The van der Waals surface area contributed by atoms with Crippen LogP contribution in [0.5, 0.6) is 0 Å². The summed E-state index contributed by atoms with van der Waals surface area (Å²) in [5.41, 5.74) is 6.62. The van der Waals surface area contributed by atoms with Gasteiger partial charge in [0.2, 0.25) is 0 Å². The molecule has 0 amide bonds. The Bertz CT molecular complexity index is 1240. The molecular weight excluding hydrogens is 424 g/mol. The van der Waals surface area contributed by atoms with Crippen LogP contribution in [0.2, 0.25) is 0 Å². The highest BCUT2D eigenvalue weighted by Gasteiger charge is 2.22. The van der Waals surface area contributed by atoms with Crippen molar-refractivity contribution in [3.05, 3.63) is 69.1 Å². The van der Waals surface area contributed by atoms with Gasteiger partial charge in [-0.1, -0.05) is 38.3 Å². The van der Waals surface area contributed by atoms with Gasteiger partial charge in [-0.15, -0.1) is 5.11 Å². The number of rotatable bonds is 8. The Hall–Kier alpha value is -3.35. The van der Waals surface area contributed by atoms with E-state index in [0.29, 0.717) is 5.69 Å². The van der Waals surface area contributed by atoms with E-state index in [2.05, 4.69) is 44.6 Å². The van der Waals surface area contributed by atoms with Gasteiger partial charge in [-0.2, -0.15) is 15.3 Å². The van der Waals surface area contributed by atoms with Crippen LogP contribution in [-0.2, 0) is 6.42 Å². The van der Waals surface area contributed by atoms with E-state index in [1.165, 1.54) is 31.2 Å². The summed E-state index contributed by atoms with van der Waals surface area (Å²) in [5.74, 6) is 0. The van der Waals surface area contributed by atoms with E-state index in [1.807, 2.05) is 45.0 Å². The molecule has 0 spiro atoms. The number of aromatic amines is 1. The second-order valence-corrected chi connectivity index (χ2v) is 9.29. The monoisotopic (exact) mass is 458 g/mol. The standard InChI is InChI=1S/C27H34N6O/c1-5-6-9-21-12-14-22(15-13-21)28-29-24-16-19(3)25(17-18(24)2)30-31-26-20(4)32-33(27(26)34)23-10-7-8-11-23/h12-17,23,32H,5-11H2,1-4H3. The fraction of sp³-hybridized carbons (Fsp3) is 0.444. The summed E-state index contributed by atoms with van der Waals surface area (Å²) < 4.78 is 1.73. The molecule has 7 heteroatoms. The molecule has 0 bridgehead atoms. The summed E-state index contributed by atoms with van der Waals surface area (Å²) >= 11 is 0. The van der Waals surface area contributed by atoms with Crippen LogP contribution in [0.1, 0.15) is 73.9 Å². The maximum atomic E-state index is 12.8. The molecule has 1 N–H and O–H groups in total. The lowest BCUT2D eigenvalue weighted by Crippen LogP contribution is -2.20. The lowest BCUT2D eigenvalue weighted by molar-refractivity contribution is 0.452. The molecular formula is C27H34N6O. The van der Waals surface area contributed by atoms with Gasteiger partial charge in [0.05, 0.1) is 28.8 Å². The van der Waals surface area contributed by atoms with E-state index < -0.39 is 0 Å². The lowest BCUT2D eigenvalue weighted by Gasteiger charge is -2.08. The first kappa shape index (κ1) is 23.8. The Morgan fingerprint density at radius 1 is 0.912 bits per heavy atom. The first-order chi connectivity index (χ1) is 16.5. The molecule has 1 saturated carbocycles. The van der Waals surface area contributed by atoms with Crippen molar-refractivity contribution in [3.8, 4) is 0 Å². The van der Waals surface area contributed by atoms with Crippen molar-refractivity contribution in [2.75, 3.05) is 0 Å². The molecule has 0 atom stereocenters. The van der Waals surface area contributed by atoms with Crippen LogP contribution >= 0.6 is 0 Å². The zero-order valence-electron chi connectivity index (χ0n) is 20.6. The van der Waals surface area contributed by atoms with Gasteiger partial charge in [-0.3, -0.25) is 9.89 Å². The number of azo groups is 2. The maximum absolute atomic E-state index is 12.8. The van der Waals surface area contributed by atoms with Crippen LogP contribution < -0.4 is 5.56 Å². The second-order valence-electron chi connectivity index (χ2n) is 9.29. The second kappa shape index (κ2) is 10.7. The predicted octanol–water partition coefficient (Wildman–Crippen LogP) is 8.39. The summed E-state index contributed by atoms with van der Waals surface area (Å²) in [5, 5.41) is 20.8. The molecule has 34 heavy (non-hydrogen) atoms. The molecule has 0 saturated heterocycles. The van der Waals surface area contributed by atoms with E-state index in [-0.39, 0.29) is 11.6 Å². The normalized spacial score (nSPS) is 14.7. The highest BCUT2D eigenvalue weighted by atomic mass is 16.1. The Kier molecular flexibility index (Phi) is 7.50. The highest BCUT2D eigenvalue weighted by Crippen LogP contribution is 2.32. The Balaban J connectivity index is 1.50. The Labute approximate surface area is 201 Å². The number of nitrogens with one attached hydrogen (secondary N) is 1. The predicted molar refractivity (Wildman–Crippen MR) is 137 cm³/mol. The summed E-state index contributed by atoms with van der Waals surface area (Å²) in [6.07, 6.45) is 7.89. The molecule has 0 aliphatic heterocycles. The van der Waals surface area contributed by atoms with Crippen LogP contribution in [0.4, 0.5) is 22.7 Å². The van der Waals surface area contributed by atoms with Gasteiger partial charge < -0.3 is 0 Å². The molecule has 0 radical (unpaired) electrons. The molecule has 0 unspecified atom stereocenters. The molecule has 178 valence electrons. The van der Waals surface area contributed by atoms with Gasteiger partial charge in [0, 0.05) is 0 Å². The quantitative estimate of drug-likeness (QED) is 0.337. The smallest absolute Gasteiger partial charge is 0.294 e. The molecule has 1 heterocycles. The number of unbranched alkanes of at least 4 members (excludes halogenated alkanes) is 1. The largest absolute Gasteiger partial charge is 0.297 e. The number of hydrogen-bond donors (Lipinski definition) is 1. The molecule has 1 aliphatic rings. The number of H-pyrrole nitrogens is 1. The summed E-state index contributed by atoms with van der Waals surface area (Å²) in [4.78, 5) is 12.8. The van der Waals surface area contributed by atoms with Crippen molar-refractivity contribution in [3.63, 3.8) is 0 Å². The Morgan fingerprint density at radius 2 is 1.53 bits per heavy atom. The number of aromatic nitrogens is 2. The third-order valence-corrected chi connectivity index (χ3v) is 6.56. The zero-order valence-corrected chi connectivity index (χ0v) is 20.6. The van der Waals surface area contributed by atoms with Crippen molar-refractivity contribution < 1.29 is 0 Å². The minimum absolute atomic E-state index is 0.0892. The summed E-state index contributed by atoms with van der Waals surface area (Å²) in [6, 6.07) is 12.4. The molecule has 1 fully saturated rings. The van der Waals surface area contributed by atoms with E-state index in [9.17, 15) is 4.79 Å². The Morgan fingerprint density at radius 3 is 2.15 bits per heavy atom. The van der Waals surface area contributed by atoms with Gasteiger partial charge in [0.25, 0.3) is 5.56 Å². The first-order valence-corrected chi connectivity index (χ1v) is 12.3. The van der Waals surface area contributed by atoms with E-state index in [0.717, 1.165) is 53.1 Å². The minimum atomic E-state index is -0.0892. The van der Waals surface area contributed by atoms with Gasteiger partial charge in [0.1, 0.15) is 0 Å². The van der Waals surface area contributed by atoms with Crippen molar-refractivity contribution in [2.24, 2.45) is 20.5 Å². The van der Waals surface area contributed by atoms with Gasteiger partial charge in [-0.25, -0.2) is 4.68 Å². The number of aryl methyl sites for hydroxylation is 4. The highest BCUT2D eigenvalue weighted by molar-refractivity contribution is 5.59. The molecule has 4 rings (SSSR count). The van der Waals surface area contributed by atoms with Crippen LogP contribution in [-0.4, -0.2) is 9.78 Å². The van der Waals surface area contributed by atoms with E-state index in [1.54, 1.807) is 4.68 Å². The third-order valence-electron chi connectivity index (χ3n) is 6.56. The van der Waals surface area contributed by atoms with Gasteiger partial charge in [0.15, 0.2) is 5.69 Å². The van der Waals surface area contributed by atoms with Crippen molar-refractivity contribution >= 4 is 22.7 Å². The average molecular weight is 459 g/mol.